The van der Waals surface area contributed by atoms with Crippen LogP contribution < -0.4 is 5.73 Å². The molecule has 0 aliphatic carbocycles. The Morgan fingerprint density at radius 3 is 1.86 bits per heavy atom. The summed E-state index contributed by atoms with van der Waals surface area (Å²) in [6.07, 6.45) is 2.91. The molecular weight excluding hydrogens is 214 g/mol. The normalized spacial score (nSPS) is 10.2. The van der Waals surface area contributed by atoms with E-state index in [1.807, 2.05) is 0 Å². The summed E-state index contributed by atoms with van der Waals surface area (Å²) in [5.41, 5.74) is 5.20. The number of hydrogen-bond donors (Lipinski definition) is 4. The van der Waals surface area contributed by atoms with Gasteiger partial charge < -0.3 is 10.8 Å². The average molecular weight is 229 g/mol. The summed E-state index contributed by atoms with van der Waals surface area (Å²) in [6.45, 7) is 0.666. The molecular formula is C6H15NO6S. The molecule has 14 heavy (non-hydrogen) atoms. The van der Waals surface area contributed by atoms with Gasteiger partial charge in [-0.1, -0.05) is 6.42 Å². The van der Waals surface area contributed by atoms with Gasteiger partial charge in [0.1, 0.15) is 0 Å². The lowest BCUT2D eigenvalue weighted by molar-refractivity contribution is -0.137. The molecule has 0 unspecified atom stereocenters. The van der Waals surface area contributed by atoms with Gasteiger partial charge in [-0.3, -0.25) is 13.9 Å². The first-order valence-corrected chi connectivity index (χ1v) is 5.28. The first kappa shape index (κ1) is 15.8. The number of carbonyl (C=O) groups is 1. The number of hydrogen-bond acceptors (Lipinski definition) is 4. The molecule has 0 aromatic carbocycles. The van der Waals surface area contributed by atoms with Gasteiger partial charge in [0, 0.05) is 6.42 Å². The van der Waals surface area contributed by atoms with Crippen molar-refractivity contribution in [3.05, 3.63) is 0 Å². The third kappa shape index (κ3) is 42.7. The van der Waals surface area contributed by atoms with Gasteiger partial charge in [-0.15, -0.1) is 0 Å². The van der Waals surface area contributed by atoms with Crippen molar-refractivity contribution in [2.24, 2.45) is 5.73 Å². The predicted molar refractivity (Wildman–Crippen MR) is 49.3 cm³/mol. The fourth-order valence-corrected chi connectivity index (χ4v) is 0.597. The molecule has 0 aliphatic rings. The largest absolute Gasteiger partial charge is 0.481 e. The zero-order valence-corrected chi connectivity index (χ0v) is 8.40. The van der Waals surface area contributed by atoms with Crippen molar-refractivity contribution in [1.82, 2.24) is 0 Å². The molecule has 0 saturated carbocycles. The quantitative estimate of drug-likeness (QED) is 0.382. The maximum atomic E-state index is 9.93. The van der Waals surface area contributed by atoms with E-state index < -0.39 is 16.4 Å². The van der Waals surface area contributed by atoms with Crippen LogP contribution in [0.1, 0.15) is 25.7 Å². The SMILES string of the molecule is NCCCCCC(=O)O.O=S(=O)(O)O. The second-order valence-electron chi connectivity index (χ2n) is 2.44. The summed E-state index contributed by atoms with van der Waals surface area (Å²) in [7, 11) is -4.67. The Bertz CT molecular complexity index is 229. The first-order chi connectivity index (χ1) is 6.27. The molecule has 0 saturated heterocycles. The van der Waals surface area contributed by atoms with Gasteiger partial charge in [0.2, 0.25) is 0 Å². The van der Waals surface area contributed by atoms with E-state index in [9.17, 15) is 4.79 Å². The van der Waals surface area contributed by atoms with Gasteiger partial charge in [-0.2, -0.15) is 8.42 Å². The minimum absolute atomic E-state index is 0.278. The molecule has 0 aromatic heterocycles. The van der Waals surface area contributed by atoms with E-state index in [4.69, 9.17) is 28.4 Å². The maximum absolute atomic E-state index is 9.93. The minimum Gasteiger partial charge on any atom is -0.481 e. The van der Waals surface area contributed by atoms with Crippen molar-refractivity contribution >= 4 is 16.4 Å². The van der Waals surface area contributed by atoms with E-state index in [-0.39, 0.29) is 6.42 Å². The number of rotatable bonds is 5. The van der Waals surface area contributed by atoms with Gasteiger partial charge in [0.15, 0.2) is 0 Å². The summed E-state index contributed by atoms with van der Waals surface area (Å²) in [5, 5.41) is 8.18. The second-order valence-corrected chi connectivity index (χ2v) is 3.34. The van der Waals surface area contributed by atoms with Crippen LogP contribution in [0.5, 0.6) is 0 Å². The molecule has 0 rings (SSSR count). The van der Waals surface area contributed by atoms with Crippen LogP contribution in [0.3, 0.4) is 0 Å². The molecule has 5 N–H and O–H groups in total. The van der Waals surface area contributed by atoms with Crippen molar-refractivity contribution in [3.8, 4) is 0 Å². The molecule has 7 nitrogen and oxygen atoms in total. The Kier molecular flexibility index (Phi) is 9.99. The fourth-order valence-electron chi connectivity index (χ4n) is 0.597. The highest BCUT2D eigenvalue weighted by Gasteiger charge is 1.94. The zero-order valence-electron chi connectivity index (χ0n) is 7.59. The lowest BCUT2D eigenvalue weighted by Gasteiger charge is -1.93. The Hall–Kier alpha value is -0.700. The van der Waals surface area contributed by atoms with Crippen molar-refractivity contribution < 1.29 is 27.4 Å². The highest BCUT2D eigenvalue weighted by atomic mass is 32.3. The third-order valence-corrected chi connectivity index (χ3v) is 1.09. The summed E-state index contributed by atoms with van der Waals surface area (Å²) in [4.78, 5) is 9.93. The van der Waals surface area contributed by atoms with Gasteiger partial charge in [-0.05, 0) is 19.4 Å². The summed E-state index contributed by atoms with van der Waals surface area (Å²) in [5.74, 6) is -0.716. The Labute approximate surface area is 82.5 Å². The number of aliphatic carboxylic acids is 1. The van der Waals surface area contributed by atoms with E-state index in [2.05, 4.69) is 0 Å². The van der Waals surface area contributed by atoms with Crippen LogP contribution in [0.15, 0.2) is 0 Å². The Morgan fingerprint density at radius 1 is 1.14 bits per heavy atom. The lowest BCUT2D eigenvalue weighted by Crippen LogP contribution is -1.99. The van der Waals surface area contributed by atoms with Crippen LogP contribution in [0.25, 0.3) is 0 Å². The molecule has 0 aromatic rings. The van der Waals surface area contributed by atoms with Crippen LogP contribution >= 0.6 is 0 Å². The maximum Gasteiger partial charge on any atom is 0.394 e. The number of unbranched alkanes of at least 4 members (excludes halogenated alkanes) is 2. The van der Waals surface area contributed by atoms with Crippen LogP contribution in [0.2, 0.25) is 0 Å². The molecule has 0 amide bonds. The van der Waals surface area contributed by atoms with Crippen molar-refractivity contribution in [2.75, 3.05) is 6.54 Å². The van der Waals surface area contributed by atoms with Gasteiger partial charge >= 0.3 is 16.4 Å². The minimum atomic E-state index is -4.67. The molecule has 8 heteroatoms. The topological polar surface area (TPSA) is 138 Å². The molecule has 0 fully saturated rings. The van der Waals surface area contributed by atoms with E-state index in [0.717, 1.165) is 19.3 Å². The molecule has 0 atom stereocenters. The molecule has 0 aliphatic heterocycles. The predicted octanol–water partition coefficient (Wildman–Crippen LogP) is -0.0627. The van der Waals surface area contributed by atoms with E-state index in [1.54, 1.807) is 0 Å². The number of carboxylic acids is 1. The monoisotopic (exact) mass is 229 g/mol. The fraction of sp³-hybridized carbons (Fsp3) is 0.833. The summed E-state index contributed by atoms with van der Waals surface area (Å²) < 4.78 is 31.6. The molecule has 0 spiro atoms. The molecule has 0 bridgehead atoms. The van der Waals surface area contributed by atoms with Crippen molar-refractivity contribution in [1.29, 1.82) is 0 Å². The number of carboxylic acid groups (broad SMARTS) is 1. The molecule has 0 heterocycles. The molecule has 86 valence electrons. The smallest absolute Gasteiger partial charge is 0.394 e. The van der Waals surface area contributed by atoms with E-state index >= 15 is 0 Å². The van der Waals surface area contributed by atoms with Crippen LogP contribution in [-0.4, -0.2) is 35.1 Å². The second kappa shape index (κ2) is 8.88. The van der Waals surface area contributed by atoms with Gasteiger partial charge in [0.25, 0.3) is 0 Å². The average Bonchev–Trinajstić information content (AvgIpc) is 1.94. The van der Waals surface area contributed by atoms with Gasteiger partial charge in [-0.25, -0.2) is 0 Å². The van der Waals surface area contributed by atoms with Crippen molar-refractivity contribution in [3.63, 3.8) is 0 Å². The Balaban J connectivity index is 0. The van der Waals surface area contributed by atoms with E-state index in [0.29, 0.717) is 6.54 Å². The third-order valence-electron chi connectivity index (χ3n) is 1.09. The number of nitrogens with two attached hydrogens (primary N) is 1. The summed E-state index contributed by atoms with van der Waals surface area (Å²) >= 11 is 0. The zero-order chi connectivity index (χ0) is 11.6. The van der Waals surface area contributed by atoms with Crippen molar-refractivity contribution in [2.45, 2.75) is 25.7 Å². The lowest BCUT2D eigenvalue weighted by atomic mass is 10.2. The summed E-state index contributed by atoms with van der Waals surface area (Å²) in [6, 6.07) is 0. The standard InChI is InChI=1S/C6H13NO2.H2O4S/c7-5-3-1-2-4-6(8)9;1-5(2,3)4/h1-5,7H2,(H,8,9);(H2,1,2,3,4). The highest BCUT2D eigenvalue weighted by molar-refractivity contribution is 7.79. The van der Waals surface area contributed by atoms with Gasteiger partial charge in [0.05, 0.1) is 0 Å². The molecule has 0 radical (unpaired) electrons. The first-order valence-electron chi connectivity index (χ1n) is 3.89. The van der Waals surface area contributed by atoms with Crippen LogP contribution in [-0.2, 0) is 15.2 Å². The van der Waals surface area contributed by atoms with Crippen LogP contribution in [0, 0.1) is 0 Å². The van der Waals surface area contributed by atoms with E-state index in [1.165, 1.54) is 0 Å². The van der Waals surface area contributed by atoms with Crippen LogP contribution in [0.4, 0.5) is 0 Å². The Morgan fingerprint density at radius 2 is 1.57 bits per heavy atom. The highest BCUT2D eigenvalue weighted by Crippen LogP contribution is 1.97.